The second-order valence-corrected chi connectivity index (χ2v) is 9.90. The maximum Gasteiger partial charge on any atom is 0.231 e. The molecule has 3 aromatic rings. The van der Waals surface area contributed by atoms with Crippen LogP contribution in [0.1, 0.15) is 29.7 Å². The summed E-state index contributed by atoms with van der Waals surface area (Å²) in [7, 11) is 3.18. The smallest absolute Gasteiger partial charge is 0.231 e. The molecule has 0 saturated heterocycles. The highest BCUT2D eigenvalue weighted by Gasteiger charge is 2.24. The standard InChI is InChI=1S/C27H27Br2NO5/c1-17(18-7-5-4-6-8-18)30(10-9-19-11-25-26(15-21(19)28)35-16-34-25)27(31)13-20-12-23(32-2)24(33-3)14-22(20)29/h4-8,11-12,14-15,17H,9-10,13,16H2,1-3H3/t17-/m1/s1. The second-order valence-electron chi connectivity index (χ2n) is 8.20. The normalized spacial score (nSPS) is 12.8. The summed E-state index contributed by atoms with van der Waals surface area (Å²) in [5, 5.41) is 0. The summed E-state index contributed by atoms with van der Waals surface area (Å²) in [5.74, 6) is 2.67. The zero-order valence-corrected chi connectivity index (χ0v) is 23.0. The van der Waals surface area contributed by atoms with Gasteiger partial charge in [0.25, 0.3) is 0 Å². The Hall–Kier alpha value is -2.71. The van der Waals surface area contributed by atoms with Gasteiger partial charge in [-0.25, -0.2) is 0 Å². The van der Waals surface area contributed by atoms with Crippen molar-refractivity contribution in [2.75, 3.05) is 27.6 Å². The van der Waals surface area contributed by atoms with Crippen LogP contribution in [0.2, 0.25) is 0 Å². The Bertz CT molecular complexity index is 1200. The quantitative estimate of drug-likeness (QED) is 0.286. The van der Waals surface area contributed by atoms with Crippen molar-refractivity contribution in [3.8, 4) is 23.0 Å². The monoisotopic (exact) mass is 603 g/mol. The molecule has 8 heteroatoms. The van der Waals surface area contributed by atoms with E-state index in [4.69, 9.17) is 18.9 Å². The maximum atomic E-state index is 13.7. The number of amides is 1. The van der Waals surface area contributed by atoms with Gasteiger partial charge in [-0.1, -0.05) is 62.2 Å². The fourth-order valence-corrected chi connectivity index (χ4v) is 5.12. The number of nitrogens with zero attached hydrogens (tertiary/aromatic N) is 1. The van der Waals surface area contributed by atoms with Gasteiger partial charge in [-0.3, -0.25) is 4.79 Å². The van der Waals surface area contributed by atoms with Gasteiger partial charge >= 0.3 is 0 Å². The second kappa shape index (κ2) is 11.4. The molecular formula is C27H27Br2NO5. The van der Waals surface area contributed by atoms with Crippen LogP contribution in [-0.4, -0.2) is 38.4 Å². The predicted molar refractivity (Wildman–Crippen MR) is 141 cm³/mol. The van der Waals surface area contributed by atoms with Crippen molar-refractivity contribution in [1.82, 2.24) is 4.90 Å². The Morgan fingerprint density at radius 2 is 1.57 bits per heavy atom. The zero-order valence-electron chi connectivity index (χ0n) is 19.8. The van der Waals surface area contributed by atoms with E-state index in [-0.39, 0.29) is 25.2 Å². The molecule has 4 rings (SSSR count). The first-order valence-corrected chi connectivity index (χ1v) is 12.8. The van der Waals surface area contributed by atoms with Crippen LogP contribution >= 0.6 is 31.9 Å². The summed E-state index contributed by atoms with van der Waals surface area (Å²) in [5.41, 5.74) is 2.97. The molecule has 184 valence electrons. The molecule has 0 unspecified atom stereocenters. The van der Waals surface area contributed by atoms with Gasteiger partial charge in [0.2, 0.25) is 12.7 Å². The lowest BCUT2D eigenvalue weighted by molar-refractivity contribution is -0.132. The van der Waals surface area contributed by atoms with Gasteiger partial charge in [-0.15, -0.1) is 0 Å². The highest BCUT2D eigenvalue weighted by molar-refractivity contribution is 9.10. The van der Waals surface area contributed by atoms with Gasteiger partial charge in [-0.2, -0.15) is 0 Å². The van der Waals surface area contributed by atoms with E-state index >= 15 is 0 Å². The summed E-state index contributed by atoms with van der Waals surface area (Å²) in [6.45, 7) is 2.82. The minimum atomic E-state index is -0.101. The summed E-state index contributed by atoms with van der Waals surface area (Å²) < 4.78 is 23.6. The lowest BCUT2D eigenvalue weighted by Gasteiger charge is -2.30. The van der Waals surface area contributed by atoms with Crippen molar-refractivity contribution >= 4 is 37.8 Å². The van der Waals surface area contributed by atoms with Crippen LogP contribution in [0.5, 0.6) is 23.0 Å². The topological polar surface area (TPSA) is 57.2 Å². The Labute approximate surface area is 222 Å². The van der Waals surface area contributed by atoms with Crippen LogP contribution in [0.25, 0.3) is 0 Å². The van der Waals surface area contributed by atoms with E-state index in [2.05, 4.69) is 38.8 Å². The van der Waals surface area contributed by atoms with Crippen molar-refractivity contribution in [3.05, 3.63) is 80.2 Å². The average Bonchev–Trinajstić information content (AvgIpc) is 3.32. The molecule has 0 radical (unpaired) electrons. The summed E-state index contributed by atoms with van der Waals surface area (Å²) in [6, 6.07) is 17.5. The predicted octanol–water partition coefficient (Wildman–Crippen LogP) is 6.33. The molecule has 0 aromatic heterocycles. The summed E-state index contributed by atoms with van der Waals surface area (Å²) >= 11 is 7.23. The van der Waals surface area contributed by atoms with Crippen molar-refractivity contribution < 1.29 is 23.7 Å². The number of rotatable bonds is 9. The third kappa shape index (κ3) is 5.76. The number of hydrogen-bond acceptors (Lipinski definition) is 5. The molecule has 6 nitrogen and oxygen atoms in total. The highest BCUT2D eigenvalue weighted by Crippen LogP contribution is 2.38. The Balaban J connectivity index is 1.59. The third-order valence-corrected chi connectivity index (χ3v) is 7.60. The van der Waals surface area contributed by atoms with E-state index in [0.29, 0.717) is 24.5 Å². The Kier molecular flexibility index (Phi) is 8.23. The molecule has 0 bridgehead atoms. The summed E-state index contributed by atoms with van der Waals surface area (Å²) in [4.78, 5) is 15.6. The first-order valence-electron chi connectivity index (χ1n) is 11.2. The molecule has 0 N–H and O–H groups in total. The van der Waals surface area contributed by atoms with Gasteiger partial charge in [0, 0.05) is 15.5 Å². The molecule has 0 saturated carbocycles. The van der Waals surface area contributed by atoms with Crippen molar-refractivity contribution in [2.24, 2.45) is 0 Å². The number of halogens is 2. The van der Waals surface area contributed by atoms with Gasteiger partial charge in [-0.05, 0) is 54.3 Å². The highest BCUT2D eigenvalue weighted by atomic mass is 79.9. The molecule has 1 heterocycles. The van der Waals surface area contributed by atoms with Crippen LogP contribution in [0.15, 0.2) is 63.5 Å². The van der Waals surface area contributed by atoms with Crippen LogP contribution in [0.3, 0.4) is 0 Å². The van der Waals surface area contributed by atoms with E-state index in [1.807, 2.05) is 59.5 Å². The fraction of sp³-hybridized carbons (Fsp3) is 0.296. The van der Waals surface area contributed by atoms with Crippen molar-refractivity contribution in [1.29, 1.82) is 0 Å². The van der Waals surface area contributed by atoms with Gasteiger partial charge in [0.05, 0.1) is 26.7 Å². The van der Waals surface area contributed by atoms with Gasteiger partial charge in [0.15, 0.2) is 23.0 Å². The molecule has 1 atom stereocenters. The third-order valence-electron chi connectivity index (χ3n) is 6.13. The molecule has 1 aliphatic rings. The molecule has 1 amide bonds. The molecule has 1 aliphatic heterocycles. The van der Waals surface area contributed by atoms with Crippen LogP contribution in [0, 0.1) is 0 Å². The molecule has 0 fully saturated rings. The first-order chi connectivity index (χ1) is 16.9. The van der Waals surface area contributed by atoms with E-state index < -0.39 is 0 Å². The zero-order chi connectivity index (χ0) is 24.9. The molecular weight excluding hydrogens is 578 g/mol. The molecule has 0 aliphatic carbocycles. The number of hydrogen-bond donors (Lipinski definition) is 0. The van der Waals surface area contributed by atoms with Gasteiger partial charge < -0.3 is 23.8 Å². The van der Waals surface area contributed by atoms with E-state index in [9.17, 15) is 4.79 Å². The first kappa shape index (κ1) is 25.4. The van der Waals surface area contributed by atoms with Crippen LogP contribution in [0.4, 0.5) is 0 Å². The number of methoxy groups -OCH3 is 2. The van der Waals surface area contributed by atoms with Crippen LogP contribution < -0.4 is 18.9 Å². The van der Waals surface area contributed by atoms with Gasteiger partial charge in [0.1, 0.15) is 0 Å². The van der Waals surface area contributed by atoms with Crippen molar-refractivity contribution in [2.45, 2.75) is 25.8 Å². The minimum Gasteiger partial charge on any atom is -0.493 e. The number of ether oxygens (including phenoxy) is 4. The SMILES string of the molecule is COc1cc(Br)c(CC(=O)N(CCc2cc3c(cc2Br)OCO3)[C@H](C)c2ccccc2)cc1OC. The molecule has 0 spiro atoms. The Morgan fingerprint density at radius 3 is 2.26 bits per heavy atom. The van der Waals surface area contributed by atoms with E-state index in [1.165, 1.54) is 0 Å². The minimum absolute atomic E-state index is 0.0196. The fourth-order valence-electron chi connectivity index (χ4n) is 4.13. The maximum absolute atomic E-state index is 13.7. The molecule has 35 heavy (non-hydrogen) atoms. The lowest BCUT2D eigenvalue weighted by atomic mass is 10.0. The summed E-state index contributed by atoms with van der Waals surface area (Å²) in [6.07, 6.45) is 0.883. The van der Waals surface area contributed by atoms with Crippen LogP contribution in [-0.2, 0) is 17.6 Å². The van der Waals surface area contributed by atoms with Crippen molar-refractivity contribution in [3.63, 3.8) is 0 Å². The number of carbonyl (C=O) groups excluding carboxylic acids is 1. The number of benzene rings is 3. The van der Waals surface area contributed by atoms with E-state index in [0.717, 1.165) is 37.1 Å². The largest absolute Gasteiger partial charge is 0.493 e. The number of carbonyl (C=O) groups is 1. The van der Waals surface area contributed by atoms with E-state index in [1.54, 1.807) is 14.2 Å². The number of fused-ring (bicyclic) bond motifs is 1. The average molecular weight is 605 g/mol. The molecule has 3 aromatic carbocycles. The Morgan fingerprint density at radius 1 is 0.943 bits per heavy atom. The lowest BCUT2D eigenvalue weighted by Crippen LogP contribution is -2.36.